The van der Waals surface area contributed by atoms with Crippen LogP contribution in [0, 0.1) is 23.5 Å². The highest BCUT2D eigenvalue weighted by molar-refractivity contribution is 6.02. The van der Waals surface area contributed by atoms with Crippen molar-refractivity contribution in [3.8, 4) is 0 Å². The van der Waals surface area contributed by atoms with E-state index in [1.165, 1.54) is 13.8 Å². The lowest BCUT2D eigenvalue weighted by molar-refractivity contribution is -0.131. The largest absolute Gasteiger partial charge is 0.413 e. The summed E-state index contributed by atoms with van der Waals surface area (Å²) in [6, 6.07) is 1.22. The fourth-order valence-electron chi connectivity index (χ4n) is 4.10. The maximum absolute atomic E-state index is 14.0. The van der Waals surface area contributed by atoms with Crippen molar-refractivity contribution in [1.82, 2.24) is 16.0 Å². The molecule has 0 aromatic heterocycles. The number of halogens is 5. The zero-order valence-electron chi connectivity index (χ0n) is 16.4. The van der Waals surface area contributed by atoms with Crippen LogP contribution in [-0.2, 0) is 9.59 Å². The first-order valence-corrected chi connectivity index (χ1v) is 9.58. The Hall–Kier alpha value is -2.49. The Labute approximate surface area is 170 Å². The second-order valence-corrected chi connectivity index (χ2v) is 7.62. The molecule has 3 N–H and O–H groups in total. The van der Waals surface area contributed by atoms with Crippen LogP contribution in [0.2, 0.25) is 0 Å². The Morgan fingerprint density at radius 3 is 2.57 bits per heavy atom. The van der Waals surface area contributed by atoms with Gasteiger partial charge < -0.3 is 16.0 Å². The third-order valence-corrected chi connectivity index (χ3v) is 5.62. The van der Waals surface area contributed by atoms with Crippen LogP contribution in [0.3, 0.4) is 0 Å². The Bertz CT molecular complexity index is 884. The molecule has 0 radical (unpaired) electrons. The Morgan fingerprint density at radius 2 is 1.93 bits per heavy atom. The van der Waals surface area contributed by atoms with Gasteiger partial charge in [0.25, 0.3) is 0 Å². The molecule has 1 aromatic carbocycles. The second-order valence-electron chi connectivity index (χ2n) is 7.62. The lowest BCUT2D eigenvalue weighted by Crippen LogP contribution is -2.57. The quantitative estimate of drug-likeness (QED) is 0.643. The number of hydrogen-bond acceptors (Lipinski definition) is 3. The van der Waals surface area contributed by atoms with Crippen molar-refractivity contribution < 1.29 is 31.5 Å². The molecule has 1 fully saturated rings. The molecule has 5 nitrogen and oxygen atoms in total. The first-order chi connectivity index (χ1) is 14.0. The maximum atomic E-state index is 14.0. The van der Waals surface area contributed by atoms with Crippen LogP contribution >= 0.6 is 0 Å². The lowest BCUT2D eigenvalue weighted by Gasteiger charge is -2.40. The second kappa shape index (κ2) is 8.33. The van der Waals surface area contributed by atoms with Crippen molar-refractivity contribution in [3.05, 3.63) is 46.5 Å². The van der Waals surface area contributed by atoms with Gasteiger partial charge in [-0.15, -0.1) is 0 Å². The summed E-state index contributed by atoms with van der Waals surface area (Å²) in [5.41, 5.74) is -1.64. The van der Waals surface area contributed by atoms with Gasteiger partial charge in [-0.2, -0.15) is 13.2 Å². The summed E-state index contributed by atoms with van der Waals surface area (Å²) in [6.07, 6.45) is -4.43. The molecule has 10 heteroatoms. The number of amides is 2. The fraction of sp³-hybridized carbons (Fsp3) is 0.500. The van der Waals surface area contributed by atoms with E-state index in [4.69, 9.17) is 0 Å². The molecule has 164 valence electrons. The van der Waals surface area contributed by atoms with E-state index >= 15 is 0 Å². The Balaban J connectivity index is 1.90. The first kappa shape index (κ1) is 22.2. The highest BCUT2D eigenvalue weighted by Crippen LogP contribution is 2.41. The SMILES string of the molecule is C[C@H](C(=O)N[C@@H](C)c1ccc(F)cc1F)C1=C(C(F)(F)F)C2CNCCC2NC1=O. The number of fused-ring (bicyclic) bond motifs is 1. The standard InChI is InChI=1S/C20H22F5N3O2/c1-9(18(29)27-10(2)12-4-3-11(21)7-14(12)22)16-17(20(23,24)25)13-8-26-6-5-15(13)28-19(16)30/h3-4,7,9-10,13,15,26H,5-6,8H2,1-2H3,(H,27,29)(H,28,30)/t9-,10-,13?,15?/m0/s1. The third kappa shape index (κ3) is 4.33. The van der Waals surface area contributed by atoms with Gasteiger partial charge in [-0.25, -0.2) is 8.78 Å². The molecule has 2 amide bonds. The molecule has 30 heavy (non-hydrogen) atoms. The molecule has 2 aliphatic heterocycles. The molecule has 0 aliphatic carbocycles. The van der Waals surface area contributed by atoms with Crippen molar-refractivity contribution in [2.24, 2.45) is 11.8 Å². The minimum Gasteiger partial charge on any atom is -0.349 e. The molecule has 4 atom stereocenters. The highest BCUT2D eigenvalue weighted by Gasteiger charge is 2.50. The van der Waals surface area contributed by atoms with E-state index in [2.05, 4.69) is 16.0 Å². The van der Waals surface area contributed by atoms with E-state index in [9.17, 15) is 31.5 Å². The molecule has 2 aliphatic rings. The number of rotatable bonds is 4. The Morgan fingerprint density at radius 1 is 1.23 bits per heavy atom. The molecule has 2 heterocycles. The Kier molecular flexibility index (Phi) is 6.16. The molecule has 0 bridgehead atoms. The van der Waals surface area contributed by atoms with Crippen LogP contribution in [0.1, 0.15) is 31.9 Å². The number of hydrogen-bond donors (Lipinski definition) is 3. The normalized spacial score (nSPS) is 24.0. The zero-order chi connectivity index (χ0) is 22.2. The van der Waals surface area contributed by atoms with Gasteiger partial charge >= 0.3 is 6.18 Å². The number of piperidine rings is 1. The lowest BCUT2D eigenvalue weighted by atomic mass is 9.77. The molecule has 2 unspecified atom stereocenters. The smallest absolute Gasteiger partial charge is 0.349 e. The van der Waals surface area contributed by atoms with Crippen molar-refractivity contribution >= 4 is 11.8 Å². The molecule has 3 rings (SSSR count). The minimum atomic E-state index is -4.78. The van der Waals surface area contributed by atoms with Crippen LogP contribution < -0.4 is 16.0 Å². The van der Waals surface area contributed by atoms with E-state index < -0.39 is 64.7 Å². The van der Waals surface area contributed by atoms with Crippen molar-refractivity contribution in [1.29, 1.82) is 0 Å². The third-order valence-electron chi connectivity index (χ3n) is 5.62. The number of nitrogens with one attached hydrogen (secondary N) is 3. The van der Waals surface area contributed by atoms with Crippen molar-refractivity contribution in [2.75, 3.05) is 13.1 Å². The predicted octanol–water partition coefficient (Wildman–Crippen LogP) is 2.74. The maximum Gasteiger partial charge on any atom is 0.413 e. The number of carbonyl (C=O) groups excluding carboxylic acids is 2. The average Bonchev–Trinajstić information content (AvgIpc) is 2.65. The molecular weight excluding hydrogens is 409 g/mol. The summed E-state index contributed by atoms with van der Waals surface area (Å²) in [5.74, 6) is -5.88. The van der Waals surface area contributed by atoms with Crippen LogP contribution in [0.5, 0.6) is 0 Å². The summed E-state index contributed by atoms with van der Waals surface area (Å²) >= 11 is 0. The van der Waals surface area contributed by atoms with Crippen LogP contribution in [-0.4, -0.2) is 37.1 Å². The monoisotopic (exact) mass is 431 g/mol. The summed E-state index contributed by atoms with van der Waals surface area (Å²) in [4.78, 5) is 25.2. The summed E-state index contributed by atoms with van der Waals surface area (Å²) in [5, 5.41) is 7.90. The van der Waals surface area contributed by atoms with Crippen molar-refractivity contribution in [3.63, 3.8) is 0 Å². The van der Waals surface area contributed by atoms with E-state index in [0.29, 0.717) is 19.0 Å². The molecule has 1 aromatic rings. The molecular formula is C20H22F5N3O2. The number of carbonyl (C=O) groups is 2. The molecule has 0 spiro atoms. The van der Waals surface area contributed by atoms with Crippen molar-refractivity contribution in [2.45, 2.75) is 38.5 Å². The van der Waals surface area contributed by atoms with Gasteiger partial charge in [0.1, 0.15) is 11.6 Å². The average molecular weight is 431 g/mol. The molecule has 0 saturated carbocycles. The van der Waals surface area contributed by atoms with Gasteiger partial charge in [0.2, 0.25) is 11.8 Å². The summed E-state index contributed by atoms with van der Waals surface area (Å²) < 4.78 is 68.7. The van der Waals surface area contributed by atoms with Gasteiger partial charge in [0.05, 0.1) is 12.0 Å². The van der Waals surface area contributed by atoms with E-state index in [1.54, 1.807) is 0 Å². The summed E-state index contributed by atoms with van der Waals surface area (Å²) in [7, 11) is 0. The summed E-state index contributed by atoms with van der Waals surface area (Å²) in [6.45, 7) is 3.15. The van der Waals surface area contributed by atoms with Crippen LogP contribution in [0.15, 0.2) is 29.3 Å². The van der Waals surface area contributed by atoms with Gasteiger partial charge in [-0.1, -0.05) is 6.07 Å². The fourth-order valence-corrected chi connectivity index (χ4v) is 4.10. The van der Waals surface area contributed by atoms with Gasteiger partial charge in [-0.3, -0.25) is 9.59 Å². The van der Waals surface area contributed by atoms with Crippen LogP contribution in [0.4, 0.5) is 22.0 Å². The first-order valence-electron chi connectivity index (χ1n) is 9.58. The van der Waals surface area contributed by atoms with E-state index in [0.717, 1.165) is 12.1 Å². The van der Waals surface area contributed by atoms with Gasteiger partial charge in [0.15, 0.2) is 0 Å². The highest BCUT2D eigenvalue weighted by atomic mass is 19.4. The molecule has 1 saturated heterocycles. The zero-order valence-corrected chi connectivity index (χ0v) is 16.4. The van der Waals surface area contributed by atoms with Crippen LogP contribution in [0.25, 0.3) is 0 Å². The van der Waals surface area contributed by atoms with E-state index in [1.807, 2.05) is 0 Å². The number of benzene rings is 1. The topological polar surface area (TPSA) is 70.2 Å². The predicted molar refractivity (Wildman–Crippen MR) is 98.1 cm³/mol. The van der Waals surface area contributed by atoms with Gasteiger partial charge in [0, 0.05) is 41.3 Å². The number of alkyl halides is 3. The van der Waals surface area contributed by atoms with E-state index in [-0.39, 0.29) is 12.1 Å². The minimum absolute atomic E-state index is 0.0217. The van der Waals surface area contributed by atoms with Gasteiger partial charge in [-0.05, 0) is 32.9 Å².